The van der Waals surface area contributed by atoms with Crippen LogP contribution in [0.25, 0.3) is 0 Å². The van der Waals surface area contributed by atoms with Crippen molar-refractivity contribution in [2.75, 3.05) is 12.3 Å². The van der Waals surface area contributed by atoms with Crippen molar-refractivity contribution in [3.63, 3.8) is 0 Å². The highest BCUT2D eigenvalue weighted by Gasteiger charge is 2.41. The van der Waals surface area contributed by atoms with Crippen LogP contribution in [0.3, 0.4) is 0 Å². The van der Waals surface area contributed by atoms with Gasteiger partial charge in [-0.05, 0) is 12.0 Å². The second-order valence-electron chi connectivity index (χ2n) is 4.88. The third-order valence-corrected chi connectivity index (χ3v) is 6.06. The summed E-state index contributed by atoms with van der Waals surface area (Å²) in [7, 11) is -8.77. The van der Waals surface area contributed by atoms with Gasteiger partial charge in [0.05, 0.1) is 17.4 Å². The summed E-state index contributed by atoms with van der Waals surface area (Å²) in [6.45, 7) is -0.127. The van der Waals surface area contributed by atoms with Crippen LogP contribution in [0.5, 0.6) is 0 Å². The van der Waals surface area contributed by atoms with Crippen molar-refractivity contribution >= 4 is 26.2 Å². The molecule has 22 heavy (non-hydrogen) atoms. The predicted octanol–water partition coefficient (Wildman–Crippen LogP) is -0.0363. The van der Waals surface area contributed by atoms with Crippen molar-refractivity contribution in [3.8, 4) is 0 Å². The normalized spacial score (nSPS) is 21.0. The van der Waals surface area contributed by atoms with Gasteiger partial charge in [0.1, 0.15) is 0 Å². The van der Waals surface area contributed by atoms with Crippen LogP contribution in [-0.4, -0.2) is 44.7 Å². The Morgan fingerprint density at radius 1 is 1.32 bits per heavy atom. The number of sulfonamides is 1. The zero-order valence-electron chi connectivity index (χ0n) is 11.5. The van der Waals surface area contributed by atoms with Gasteiger partial charge >= 0.3 is 10.2 Å². The van der Waals surface area contributed by atoms with Crippen LogP contribution in [-0.2, 0) is 31.5 Å². The molecule has 2 rings (SSSR count). The maximum atomic E-state index is 12.5. The molecule has 7 nitrogen and oxygen atoms in total. The van der Waals surface area contributed by atoms with Gasteiger partial charge in [-0.1, -0.05) is 30.3 Å². The largest absolute Gasteiger partial charge is 0.302 e. The van der Waals surface area contributed by atoms with Gasteiger partial charge in [-0.2, -0.15) is 12.8 Å². The van der Waals surface area contributed by atoms with Gasteiger partial charge < -0.3 is 0 Å². The minimum absolute atomic E-state index is 0.110. The summed E-state index contributed by atoms with van der Waals surface area (Å²) in [4.78, 5) is 12.1. The number of amides is 1. The zero-order valence-corrected chi connectivity index (χ0v) is 13.1. The van der Waals surface area contributed by atoms with Gasteiger partial charge in [0, 0.05) is 6.54 Å². The molecule has 1 amide bonds. The average Bonchev–Trinajstić information content (AvgIpc) is 2.71. The molecule has 0 aromatic heterocycles. The number of hydrazine groups is 1. The van der Waals surface area contributed by atoms with Crippen molar-refractivity contribution in [1.29, 1.82) is 0 Å². The molecule has 1 N–H and O–H groups in total. The monoisotopic (exact) mass is 350 g/mol. The zero-order chi connectivity index (χ0) is 16.4. The van der Waals surface area contributed by atoms with Crippen LogP contribution in [0.4, 0.5) is 3.89 Å². The summed E-state index contributed by atoms with van der Waals surface area (Å²) in [5.41, 5.74) is 3.08. The molecule has 0 bridgehead atoms. The van der Waals surface area contributed by atoms with E-state index >= 15 is 0 Å². The molecule has 1 saturated heterocycles. The molecule has 1 aliphatic rings. The lowest BCUT2D eigenvalue weighted by Gasteiger charge is -2.16. The van der Waals surface area contributed by atoms with Gasteiger partial charge in [-0.25, -0.2) is 13.8 Å². The van der Waals surface area contributed by atoms with E-state index in [0.29, 0.717) is 9.98 Å². The van der Waals surface area contributed by atoms with Crippen LogP contribution in [0.2, 0.25) is 0 Å². The number of halogens is 1. The third kappa shape index (κ3) is 4.02. The van der Waals surface area contributed by atoms with E-state index < -0.39 is 43.6 Å². The summed E-state index contributed by atoms with van der Waals surface area (Å²) in [6.07, 6.45) is -0.509. The number of hydrogen-bond acceptors (Lipinski definition) is 6. The van der Waals surface area contributed by atoms with Gasteiger partial charge in [0.15, 0.2) is 0 Å². The van der Waals surface area contributed by atoms with E-state index in [2.05, 4.69) is 5.43 Å². The van der Waals surface area contributed by atoms with E-state index in [0.717, 1.165) is 0 Å². The van der Waals surface area contributed by atoms with Crippen LogP contribution in [0.15, 0.2) is 30.3 Å². The molecule has 0 aliphatic carbocycles. The fourth-order valence-electron chi connectivity index (χ4n) is 2.12. The first-order chi connectivity index (χ1) is 10.2. The Hall–Kier alpha value is -1.52. The molecule has 122 valence electrons. The maximum absolute atomic E-state index is 12.5. The molecule has 1 fully saturated rings. The van der Waals surface area contributed by atoms with Crippen LogP contribution in [0.1, 0.15) is 12.0 Å². The fraction of sp³-hybridized carbons (Fsp3) is 0.417. The van der Waals surface area contributed by atoms with E-state index in [-0.39, 0.29) is 13.0 Å². The molecule has 1 aromatic carbocycles. The van der Waals surface area contributed by atoms with Crippen molar-refractivity contribution in [2.24, 2.45) is 0 Å². The standard InChI is InChI=1S/C12H15FN2O5S2/c13-21(17,18)7-6-11-9-14-15(22(11,19)20)12(16)8-10-4-2-1-3-5-10/h1-5,11,14H,6-9H2/t11-/m1/s1. The predicted molar refractivity (Wildman–Crippen MR) is 77.2 cm³/mol. The minimum atomic E-state index is -4.74. The van der Waals surface area contributed by atoms with Gasteiger partial charge in [0.2, 0.25) is 0 Å². The Balaban J connectivity index is 2.05. The van der Waals surface area contributed by atoms with E-state index in [1.807, 2.05) is 0 Å². The second-order valence-corrected chi connectivity index (χ2v) is 8.43. The minimum Gasteiger partial charge on any atom is -0.272 e. The Morgan fingerprint density at radius 3 is 2.55 bits per heavy atom. The molecular weight excluding hydrogens is 335 g/mol. The Kier molecular flexibility index (Phi) is 4.83. The van der Waals surface area contributed by atoms with Crippen molar-refractivity contribution < 1.29 is 25.5 Å². The smallest absolute Gasteiger partial charge is 0.272 e. The molecule has 1 aromatic rings. The van der Waals surface area contributed by atoms with Crippen molar-refractivity contribution in [1.82, 2.24) is 9.84 Å². The van der Waals surface area contributed by atoms with E-state index in [1.54, 1.807) is 30.3 Å². The van der Waals surface area contributed by atoms with Crippen LogP contribution < -0.4 is 5.43 Å². The lowest BCUT2D eigenvalue weighted by atomic mass is 10.1. The summed E-state index contributed by atoms with van der Waals surface area (Å²) in [5, 5.41) is -1.14. The van der Waals surface area contributed by atoms with Crippen molar-refractivity contribution in [2.45, 2.75) is 18.1 Å². The molecule has 1 aliphatic heterocycles. The molecule has 0 unspecified atom stereocenters. The van der Waals surface area contributed by atoms with Crippen molar-refractivity contribution in [3.05, 3.63) is 35.9 Å². The molecule has 0 spiro atoms. The topological polar surface area (TPSA) is 101 Å². The number of carbonyl (C=O) groups excluding carboxylic acids is 1. The number of nitrogens with zero attached hydrogens (tertiary/aromatic N) is 1. The number of rotatable bonds is 5. The summed E-state index contributed by atoms with van der Waals surface area (Å²) < 4.78 is 58.4. The first kappa shape index (κ1) is 16.8. The van der Waals surface area contributed by atoms with Gasteiger partial charge in [-0.3, -0.25) is 4.79 Å². The molecule has 10 heteroatoms. The molecule has 1 atom stereocenters. The Bertz CT molecular complexity index is 749. The number of carbonyl (C=O) groups is 1. The average molecular weight is 350 g/mol. The van der Waals surface area contributed by atoms with Gasteiger partial charge in [-0.15, -0.1) is 3.89 Å². The highest BCUT2D eigenvalue weighted by atomic mass is 32.3. The quantitative estimate of drug-likeness (QED) is 0.748. The first-order valence-corrected chi connectivity index (χ1v) is 9.52. The molecule has 0 radical (unpaired) electrons. The Morgan fingerprint density at radius 2 is 1.95 bits per heavy atom. The van der Waals surface area contributed by atoms with E-state index in [4.69, 9.17) is 0 Å². The maximum Gasteiger partial charge on any atom is 0.302 e. The number of benzene rings is 1. The van der Waals surface area contributed by atoms with Crippen LogP contribution in [0, 0.1) is 0 Å². The molecule has 0 saturated carbocycles. The van der Waals surface area contributed by atoms with Crippen LogP contribution >= 0.6 is 0 Å². The lowest BCUT2D eigenvalue weighted by Crippen LogP contribution is -2.41. The number of nitrogens with one attached hydrogen (secondary N) is 1. The van der Waals surface area contributed by atoms with E-state index in [9.17, 15) is 25.5 Å². The number of hydrogen-bond donors (Lipinski definition) is 1. The SMILES string of the molecule is O=C(Cc1ccccc1)N1NC[C@@H](CCS(=O)(=O)F)S1(=O)=O. The van der Waals surface area contributed by atoms with E-state index in [1.165, 1.54) is 0 Å². The lowest BCUT2D eigenvalue weighted by molar-refractivity contribution is -0.127. The molecule has 1 heterocycles. The highest BCUT2D eigenvalue weighted by Crippen LogP contribution is 2.19. The summed E-state index contributed by atoms with van der Waals surface area (Å²) in [5.74, 6) is -1.56. The first-order valence-electron chi connectivity index (χ1n) is 6.47. The Labute approximate surface area is 128 Å². The summed E-state index contributed by atoms with van der Waals surface area (Å²) >= 11 is 0. The molecular formula is C12H15FN2O5S2. The second kappa shape index (κ2) is 6.31. The fourth-order valence-corrected chi connectivity index (χ4v) is 4.44. The third-order valence-electron chi connectivity index (χ3n) is 3.25. The highest BCUT2D eigenvalue weighted by molar-refractivity contribution is 7.90. The summed E-state index contributed by atoms with van der Waals surface area (Å²) in [6, 6.07) is 8.60. The van der Waals surface area contributed by atoms with Gasteiger partial charge in [0.25, 0.3) is 15.9 Å².